The lowest BCUT2D eigenvalue weighted by molar-refractivity contribution is -0.141. The molecule has 20 heavy (non-hydrogen) atoms. The number of amides is 2. The molecule has 1 aromatic rings. The largest absolute Gasteiger partial charge is 0.465 e. The minimum atomic E-state index is -0.463. The van der Waals surface area contributed by atoms with Gasteiger partial charge in [0.1, 0.15) is 6.54 Å². The van der Waals surface area contributed by atoms with Gasteiger partial charge in [0, 0.05) is 6.54 Å². The summed E-state index contributed by atoms with van der Waals surface area (Å²) < 4.78 is 4.68. The van der Waals surface area contributed by atoms with Crippen LogP contribution in [0.25, 0.3) is 0 Å². The Hall–Kier alpha value is -2.55. The highest BCUT2D eigenvalue weighted by Crippen LogP contribution is 2.03. The van der Waals surface area contributed by atoms with E-state index >= 15 is 0 Å². The molecule has 2 N–H and O–H groups in total. The number of benzene rings is 1. The predicted octanol–water partition coefficient (Wildman–Crippen LogP) is 0.963. The summed E-state index contributed by atoms with van der Waals surface area (Å²) in [4.78, 5) is 22.4. The number of esters is 1. The summed E-state index contributed by atoms with van der Waals surface area (Å²) in [5.74, 6) is -0.463. The molecule has 2 amide bonds. The van der Waals surface area contributed by atoms with E-state index in [1.807, 2.05) is 18.2 Å². The normalized spacial score (nSPS) is 9.40. The van der Waals surface area contributed by atoms with Gasteiger partial charge in [-0.05, 0) is 31.0 Å². The van der Waals surface area contributed by atoms with E-state index in [0.29, 0.717) is 25.1 Å². The molecule has 0 aliphatic carbocycles. The van der Waals surface area contributed by atoms with Crippen LogP contribution in [-0.2, 0) is 16.0 Å². The summed E-state index contributed by atoms with van der Waals surface area (Å²) in [5, 5.41) is 13.7. The third-order valence-corrected chi connectivity index (χ3v) is 2.48. The fraction of sp³-hybridized carbons (Fsp3) is 0.357. The van der Waals surface area contributed by atoms with Crippen LogP contribution in [0.5, 0.6) is 0 Å². The third-order valence-electron chi connectivity index (χ3n) is 2.48. The van der Waals surface area contributed by atoms with Crippen molar-refractivity contribution < 1.29 is 14.3 Å². The smallest absolute Gasteiger partial charge is 0.325 e. The van der Waals surface area contributed by atoms with E-state index in [1.165, 1.54) is 0 Å². The fourth-order valence-corrected chi connectivity index (χ4v) is 1.49. The van der Waals surface area contributed by atoms with Crippen LogP contribution in [0.3, 0.4) is 0 Å². The number of hydrogen-bond donors (Lipinski definition) is 2. The van der Waals surface area contributed by atoms with Crippen LogP contribution in [-0.4, -0.2) is 31.7 Å². The van der Waals surface area contributed by atoms with Gasteiger partial charge in [-0.3, -0.25) is 4.79 Å². The second kappa shape index (κ2) is 8.53. The Bertz CT molecular complexity index is 491. The Morgan fingerprint density at radius 2 is 1.95 bits per heavy atom. The SMILES string of the molecule is CCOC(=O)CNC(=O)NCCc1ccc(C#N)cc1. The molecule has 6 nitrogen and oxygen atoms in total. The third kappa shape index (κ3) is 5.87. The highest BCUT2D eigenvalue weighted by atomic mass is 16.5. The standard InChI is InChI=1S/C14H17N3O3/c1-2-20-13(18)10-17-14(19)16-8-7-11-3-5-12(9-15)6-4-11/h3-6H,2,7-8,10H2,1H3,(H2,16,17,19). The minimum absolute atomic E-state index is 0.142. The van der Waals surface area contributed by atoms with E-state index in [1.54, 1.807) is 19.1 Å². The topological polar surface area (TPSA) is 91.2 Å². The minimum Gasteiger partial charge on any atom is -0.465 e. The summed E-state index contributed by atoms with van der Waals surface area (Å²) >= 11 is 0. The van der Waals surface area contributed by atoms with Crippen molar-refractivity contribution in [3.8, 4) is 6.07 Å². The Kier molecular flexibility index (Phi) is 6.62. The molecule has 0 aliphatic heterocycles. The molecule has 0 radical (unpaired) electrons. The first kappa shape index (κ1) is 15.5. The zero-order valence-corrected chi connectivity index (χ0v) is 11.3. The molecule has 0 heterocycles. The second-order valence-corrected chi connectivity index (χ2v) is 3.97. The van der Waals surface area contributed by atoms with Crippen LogP contribution in [0.15, 0.2) is 24.3 Å². The van der Waals surface area contributed by atoms with Gasteiger partial charge in [0.05, 0.1) is 18.2 Å². The average molecular weight is 275 g/mol. The molecule has 0 spiro atoms. The van der Waals surface area contributed by atoms with Gasteiger partial charge in [-0.25, -0.2) is 4.79 Å². The highest BCUT2D eigenvalue weighted by Gasteiger charge is 2.04. The van der Waals surface area contributed by atoms with Crippen LogP contribution in [0.2, 0.25) is 0 Å². The lowest BCUT2D eigenvalue weighted by Crippen LogP contribution is -2.39. The van der Waals surface area contributed by atoms with Gasteiger partial charge >= 0.3 is 12.0 Å². The van der Waals surface area contributed by atoms with Crippen molar-refractivity contribution >= 4 is 12.0 Å². The lowest BCUT2D eigenvalue weighted by Gasteiger charge is -2.07. The molecule has 106 valence electrons. The van der Waals surface area contributed by atoms with Crippen molar-refractivity contribution in [1.82, 2.24) is 10.6 Å². The van der Waals surface area contributed by atoms with Gasteiger partial charge < -0.3 is 15.4 Å². The molecule has 0 fully saturated rings. The van der Waals surface area contributed by atoms with Crippen molar-refractivity contribution in [1.29, 1.82) is 5.26 Å². The maximum atomic E-state index is 11.4. The molecule has 0 aromatic heterocycles. The van der Waals surface area contributed by atoms with Crippen LogP contribution < -0.4 is 10.6 Å². The predicted molar refractivity (Wildman–Crippen MR) is 72.9 cm³/mol. The van der Waals surface area contributed by atoms with Crippen LogP contribution in [0.1, 0.15) is 18.1 Å². The fourth-order valence-electron chi connectivity index (χ4n) is 1.49. The lowest BCUT2D eigenvalue weighted by atomic mass is 10.1. The van der Waals surface area contributed by atoms with Gasteiger partial charge in [0.2, 0.25) is 0 Å². The molecule has 0 saturated heterocycles. The monoisotopic (exact) mass is 275 g/mol. The number of nitrogens with one attached hydrogen (secondary N) is 2. The van der Waals surface area contributed by atoms with E-state index in [-0.39, 0.29) is 6.54 Å². The molecular formula is C14H17N3O3. The number of carbonyl (C=O) groups is 2. The van der Waals surface area contributed by atoms with Gasteiger partial charge in [0.15, 0.2) is 0 Å². The number of nitriles is 1. The van der Waals surface area contributed by atoms with Gasteiger partial charge in [-0.2, -0.15) is 5.26 Å². The summed E-state index contributed by atoms with van der Waals surface area (Å²) in [5.41, 5.74) is 1.63. The summed E-state index contributed by atoms with van der Waals surface area (Å²) in [6.45, 7) is 2.30. The first-order valence-corrected chi connectivity index (χ1v) is 6.32. The molecule has 0 unspecified atom stereocenters. The van der Waals surface area contributed by atoms with E-state index in [4.69, 9.17) is 5.26 Å². The van der Waals surface area contributed by atoms with E-state index in [9.17, 15) is 9.59 Å². The number of ether oxygens (including phenoxy) is 1. The first-order chi connectivity index (χ1) is 9.65. The number of rotatable bonds is 6. The van der Waals surface area contributed by atoms with Crippen molar-refractivity contribution in [3.63, 3.8) is 0 Å². The summed E-state index contributed by atoms with van der Waals surface area (Å²) in [6, 6.07) is 8.78. The zero-order valence-electron chi connectivity index (χ0n) is 11.3. The molecule has 6 heteroatoms. The number of hydrogen-bond acceptors (Lipinski definition) is 4. The molecule has 1 aromatic carbocycles. The van der Waals surface area contributed by atoms with Crippen LogP contribution in [0, 0.1) is 11.3 Å². The van der Waals surface area contributed by atoms with E-state index < -0.39 is 12.0 Å². The quantitative estimate of drug-likeness (QED) is 0.756. The van der Waals surface area contributed by atoms with Crippen molar-refractivity contribution in [2.24, 2.45) is 0 Å². The number of carbonyl (C=O) groups excluding carboxylic acids is 2. The Morgan fingerprint density at radius 3 is 2.55 bits per heavy atom. The highest BCUT2D eigenvalue weighted by molar-refractivity contribution is 5.80. The van der Waals surface area contributed by atoms with Crippen molar-refractivity contribution in [3.05, 3.63) is 35.4 Å². The molecule has 1 rings (SSSR count). The van der Waals surface area contributed by atoms with Gasteiger partial charge in [-0.1, -0.05) is 12.1 Å². The number of urea groups is 1. The molecule has 0 bridgehead atoms. The van der Waals surface area contributed by atoms with Crippen molar-refractivity contribution in [2.45, 2.75) is 13.3 Å². The molecular weight excluding hydrogens is 258 g/mol. The van der Waals surface area contributed by atoms with Crippen LogP contribution >= 0.6 is 0 Å². The molecule has 0 atom stereocenters. The first-order valence-electron chi connectivity index (χ1n) is 6.32. The van der Waals surface area contributed by atoms with E-state index in [2.05, 4.69) is 15.4 Å². The van der Waals surface area contributed by atoms with Gasteiger partial charge in [0.25, 0.3) is 0 Å². The molecule has 0 saturated carbocycles. The van der Waals surface area contributed by atoms with Crippen LogP contribution in [0.4, 0.5) is 4.79 Å². The summed E-state index contributed by atoms with van der Waals surface area (Å²) in [7, 11) is 0. The number of nitrogens with zero attached hydrogens (tertiary/aromatic N) is 1. The average Bonchev–Trinajstić information content (AvgIpc) is 2.46. The maximum Gasteiger partial charge on any atom is 0.325 e. The zero-order chi connectivity index (χ0) is 14.8. The van der Waals surface area contributed by atoms with Crippen molar-refractivity contribution in [2.75, 3.05) is 19.7 Å². The Balaban J connectivity index is 2.21. The summed E-state index contributed by atoms with van der Waals surface area (Å²) in [6.07, 6.45) is 0.651. The second-order valence-electron chi connectivity index (χ2n) is 3.97. The maximum absolute atomic E-state index is 11.4. The molecule has 0 aliphatic rings. The van der Waals surface area contributed by atoms with Gasteiger partial charge in [-0.15, -0.1) is 0 Å². The van der Waals surface area contributed by atoms with E-state index in [0.717, 1.165) is 5.56 Å². The Labute approximate surface area is 117 Å². The Morgan fingerprint density at radius 1 is 1.25 bits per heavy atom.